The summed E-state index contributed by atoms with van der Waals surface area (Å²) in [7, 11) is 1.76. The highest BCUT2D eigenvalue weighted by atomic mass is 16.5. The van der Waals surface area contributed by atoms with Gasteiger partial charge in [-0.2, -0.15) is 0 Å². The molecule has 1 amide bonds. The van der Waals surface area contributed by atoms with Crippen LogP contribution in [0.25, 0.3) is 0 Å². The monoisotopic (exact) mass is 221 g/mol. The summed E-state index contributed by atoms with van der Waals surface area (Å²) in [5.74, 6) is 0.771. The fourth-order valence-corrected chi connectivity index (χ4v) is 1.78. The van der Waals surface area contributed by atoms with Crippen molar-refractivity contribution in [1.29, 1.82) is 0 Å². The van der Waals surface area contributed by atoms with Crippen molar-refractivity contribution in [3.8, 4) is 11.5 Å². The van der Waals surface area contributed by atoms with Crippen molar-refractivity contribution in [2.45, 2.75) is 19.4 Å². The van der Waals surface area contributed by atoms with E-state index in [1.807, 2.05) is 0 Å². The molecule has 1 fully saturated rings. The lowest BCUT2D eigenvalue weighted by Gasteiger charge is -2.15. The standard InChI is InChI=1S/C12H15NO3/c1-8-9(14)4-3-5-10(8)16-11-6-7-13(2)12(11)15/h3-5,11,14H,6-7H2,1-2H3. The Hall–Kier alpha value is -1.71. The Morgan fingerprint density at radius 3 is 2.88 bits per heavy atom. The Morgan fingerprint density at radius 2 is 2.25 bits per heavy atom. The van der Waals surface area contributed by atoms with E-state index < -0.39 is 6.10 Å². The number of ether oxygens (including phenoxy) is 1. The highest BCUT2D eigenvalue weighted by molar-refractivity contribution is 5.83. The molecule has 16 heavy (non-hydrogen) atoms. The number of phenolic OH excluding ortho intramolecular Hbond substituents is 1. The number of carbonyl (C=O) groups is 1. The molecule has 1 saturated heterocycles. The first-order chi connectivity index (χ1) is 7.59. The number of aromatic hydroxyl groups is 1. The maximum absolute atomic E-state index is 11.6. The molecule has 86 valence electrons. The van der Waals surface area contributed by atoms with Gasteiger partial charge in [0.2, 0.25) is 0 Å². The van der Waals surface area contributed by atoms with E-state index in [0.717, 1.165) is 6.54 Å². The number of nitrogens with zero attached hydrogens (tertiary/aromatic N) is 1. The zero-order valence-corrected chi connectivity index (χ0v) is 9.43. The number of phenols is 1. The van der Waals surface area contributed by atoms with Gasteiger partial charge in [-0.1, -0.05) is 6.07 Å². The van der Waals surface area contributed by atoms with Gasteiger partial charge in [0.1, 0.15) is 11.5 Å². The van der Waals surface area contributed by atoms with E-state index in [2.05, 4.69) is 0 Å². The predicted molar refractivity (Wildman–Crippen MR) is 59.5 cm³/mol. The molecule has 0 aliphatic carbocycles. The molecule has 2 rings (SSSR count). The van der Waals surface area contributed by atoms with Crippen LogP contribution < -0.4 is 4.74 Å². The lowest BCUT2D eigenvalue weighted by atomic mass is 10.2. The fraction of sp³-hybridized carbons (Fsp3) is 0.417. The van der Waals surface area contributed by atoms with Crippen molar-refractivity contribution in [2.75, 3.05) is 13.6 Å². The molecule has 0 radical (unpaired) electrons. The number of amides is 1. The Bertz CT molecular complexity index is 417. The van der Waals surface area contributed by atoms with Crippen LogP contribution in [0.3, 0.4) is 0 Å². The topological polar surface area (TPSA) is 49.8 Å². The summed E-state index contributed by atoms with van der Waals surface area (Å²) in [5.41, 5.74) is 0.671. The summed E-state index contributed by atoms with van der Waals surface area (Å²) in [6, 6.07) is 5.08. The zero-order valence-electron chi connectivity index (χ0n) is 9.43. The molecule has 1 N–H and O–H groups in total. The van der Waals surface area contributed by atoms with E-state index in [1.54, 1.807) is 37.1 Å². The molecule has 4 heteroatoms. The second-order valence-electron chi connectivity index (χ2n) is 4.06. The highest BCUT2D eigenvalue weighted by Gasteiger charge is 2.31. The first kappa shape index (κ1) is 10.8. The largest absolute Gasteiger partial charge is 0.508 e. The number of carbonyl (C=O) groups excluding carboxylic acids is 1. The average Bonchev–Trinajstić information content (AvgIpc) is 2.57. The van der Waals surface area contributed by atoms with E-state index in [1.165, 1.54) is 0 Å². The van der Waals surface area contributed by atoms with Gasteiger partial charge in [0, 0.05) is 25.6 Å². The van der Waals surface area contributed by atoms with E-state index in [0.29, 0.717) is 17.7 Å². The van der Waals surface area contributed by atoms with Crippen LogP contribution in [0.1, 0.15) is 12.0 Å². The van der Waals surface area contributed by atoms with Gasteiger partial charge in [-0.15, -0.1) is 0 Å². The van der Waals surface area contributed by atoms with Crippen LogP contribution in [-0.4, -0.2) is 35.6 Å². The lowest BCUT2D eigenvalue weighted by molar-refractivity contribution is -0.132. The Morgan fingerprint density at radius 1 is 1.50 bits per heavy atom. The minimum Gasteiger partial charge on any atom is -0.508 e. The summed E-state index contributed by atoms with van der Waals surface area (Å²) >= 11 is 0. The van der Waals surface area contributed by atoms with E-state index in [-0.39, 0.29) is 11.7 Å². The van der Waals surface area contributed by atoms with Crippen LogP contribution in [-0.2, 0) is 4.79 Å². The summed E-state index contributed by atoms with van der Waals surface area (Å²) in [6.45, 7) is 2.50. The molecule has 0 spiro atoms. The number of hydrogen-bond donors (Lipinski definition) is 1. The third-order valence-electron chi connectivity index (χ3n) is 2.90. The summed E-state index contributed by atoms with van der Waals surface area (Å²) in [4.78, 5) is 13.3. The lowest BCUT2D eigenvalue weighted by Crippen LogP contribution is -2.29. The average molecular weight is 221 g/mol. The third kappa shape index (κ3) is 1.83. The second kappa shape index (κ2) is 4.04. The van der Waals surface area contributed by atoms with Gasteiger partial charge in [0.25, 0.3) is 5.91 Å². The quantitative estimate of drug-likeness (QED) is 0.819. The summed E-state index contributed by atoms with van der Waals surface area (Å²) in [5, 5.41) is 9.52. The van der Waals surface area contributed by atoms with Crippen molar-refractivity contribution in [1.82, 2.24) is 4.90 Å². The van der Waals surface area contributed by atoms with Gasteiger partial charge in [-0.3, -0.25) is 4.79 Å². The summed E-state index contributed by atoms with van der Waals surface area (Å²) < 4.78 is 5.62. The van der Waals surface area contributed by atoms with Crippen molar-refractivity contribution in [3.05, 3.63) is 23.8 Å². The van der Waals surface area contributed by atoms with Crippen molar-refractivity contribution in [3.63, 3.8) is 0 Å². The van der Waals surface area contributed by atoms with Crippen molar-refractivity contribution in [2.24, 2.45) is 0 Å². The molecule has 1 atom stereocenters. The van der Waals surface area contributed by atoms with Gasteiger partial charge in [0.05, 0.1) is 0 Å². The van der Waals surface area contributed by atoms with Crippen molar-refractivity contribution >= 4 is 5.91 Å². The van der Waals surface area contributed by atoms with Gasteiger partial charge in [-0.05, 0) is 19.1 Å². The van der Waals surface area contributed by atoms with Crippen molar-refractivity contribution < 1.29 is 14.6 Å². The number of benzene rings is 1. The molecule has 1 unspecified atom stereocenters. The molecule has 1 aliphatic heterocycles. The van der Waals surface area contributed by atoms with E-state index >= 15 is 0 Å². The maximum atomic E-state index is 11.6. The van der Waals surface area contributed by atoms with Crippen LogP contribution in [0.15, 0.2) is 18.2 Å². The zero-order chi connectivity index (χ0) is 11.7. The Kier molecular flexibility index (Phi) is 2.73. The molecule has 1 aromatic rings. The number of hydrogen-bond acceptors (Lipinski definition) is 3. The van der Waals surface area contributed by atoms with Crippen LogP contribution in [0, 0.1) is 6.92 Å². The molecule has 1 aliphatic rings. The van der Waals surface area contributed by atoms with Gasteiger partial charge in [-0.25, -0.2) is 0 Å². The Balaban J connectivity index is 2.16. The van der Waals surface area contributed by atoms with Crippen LogP contribution >= 0.6 is 0 Å². The van der Waals surface area contributed by atoms with Gasteiger partial charge >= 0.3 is 0 Å². The normalized spacial score (nSPS) is 20.2. The molecule has 0 bridgehead atoms. The van der Waals surface area contributed by atoms with Gasteiger partial charge in [0.15, 0.2) is 6.10 Å². The predicted octanol–water partition coefficient (Wildman–Crippen LogP) is 1.31. The minimum atomic E-state index is -0.412. The van der Waals surface area contributed by atoms with Crippen LogP contribution in [0.4, 0.5) is 0 Å². The number of likely N-dealkylation sites (tertiary alicyclic amines) is 1. The van der Waals surface area contributed by atoms with E-state index in [4.69, 9.17) is 4.74 Å². The fourth-order valence-electron chi connectivity index (χ4n) is 1.78. The third-order valence-corrected chi connectivity index (χ3v) is 2.90. The van der Waals surface area contributed by atoms with E-state index in [9.17, 15) is 9.90 Å². The molecule has 0 saturated carbocycles. The number of rotatable bonds is 2. The molecule has 0 aromatic heterocycles. The Labute approximate surface area is 94.4 Å². The number of likely N-dealkylation sites (N-methyl/N-ethyl adjacent to an activating group) is 1. The summed E-state index contributed by atoms with van der Waals surface area (Å²) in [6.07, 6.45) is 0.287. The molecular weight excluding hydrogens is 206 g/mol. The van der Waals surface area contributed by atoms with Crippen LogP contribution in [0.5, 0.6) is 11.5 Å². The van der Waals surface area contributed by atoms with Crippen LogP contribution in [0.2, 0.25) is 0 Å². The molecule has 1 aromatic carbocycles. The second-order valence-corrected chi connectivity index (χ2v) is 4.06. The first-order valence-corrected chi connectivity index (χ1v) is 5.30. The molecular formula is C12H15NO3. The molecule has 1 heterocycles. The smallest absolute Gasteiger partial charge is 0.263 e. The maximum Gasteiger partial charge on any atom is 0.263 e. The first-order valence-electron chi connectivity index (χ1n) is 5.30. The highest BCUT2D eigenvalue weighted by Crippen LogP contribution is 2.28. The van der Waals surface area contributed by atoms with Gasteiger partial charge < -0.3 is 14.7 Å². The minimum absolute atomic E-state index is 0.00254. The SMILES string of the molecule is Cc1c(O)cccc1OC1CCN(C)C1=O. The molecule has 4 nitrogen and oxygen atoms in total.